The predicted octanol–water partition coefficient (Wildman–Crippen LogP) is 6.18. The summed E-state index contributed by atoms with van der Waals surface area (Å²) in [6.45, 7) is 10.6. The minimum atomic E-state index is -1.33. The van der Waals surface area contributed by atoms with Gasteiger partial charge in [0.2, 0.25) is 0 Å². The second-order valence-electron chi connectivity index (χ2n) is 11.6. The zero-order chi connectivity index (χ0) is 29.1. The SMILES string of the molecule is CN(C(=O)OC(C)(C)C)[C@@H]1CCC[C@@H](N(C)c2cnc(-c3ccc(Br)cc3OC(=O)OC(C)(C)C)nn2)[C@H]1F. The maximum atomic E-state index is 15.7. The minimum Gasteiger partial charge on any atom is -0.444 e. The quantitative estimate of drug-likeness (QED) is 0.290. The van der Waals surface area contributed by atoms with Gasteiger partial charge in [-0.25, -0.2) is 19.0 Å². The molecule has 1 amide bonds. The number of ether oxygens (including phenoxy) is 3. The number of amides is 1. The number of rotatable bonds is 5. The van der Waals surface area contributed by atoms with Crippen LogP contribution in [0.2, 0.25) is 0 Å². The third-order valence-corrected chi connectivity index (χ3v) is 6.58. The third kappa shape index (κ3) is 8.23. The van der Waals surface area contributed by atoms with Crippen LogP contribution >= 0.6 is 15.9 Å². The van der Waals surface area contributed by atoms with Gasteiger partial charge in [-0.1, -0.05) is 15.9 Å². The molecule has 0 radical (unpaired) electrons. The lowest BCUT2D eigenvalue weighted by molar-refractivity contribution is 0.00449. The van der Waals surface area contributed by atoms with Crippen molar-refractivity contribution in [3.05, 3.63) is 28.9 Å². The van der Waals surface area contributed by atoms with E-state index in [2.05, 4.69) is 31.1 Å². The number of benzene rings is 1. The summed E-state index contributed by atoms with van der Waals surface area (Å²) in [5, 5.41) is 8.51. The topological polar surface area (TPSA) is 107 Å². The van der Waals surface area contributed by atoms with E-state index in [9.17, 15) is 9.59 Å². The van der Waals surface area contributed by atoms with E-state index in [1.165, 1.54) is 11.1 Å². The summed E-state index contributed by atoms with van der Waals surface area (Å²) < 4.78 is 32.5. The van der Waals surface area contributed by atoms with Crippen molar-refractivity contribution in [3.63, 3.8) is 0 Å². The highest BCUT2D eigenvalue weighted by atomic mass is 79.9. The molecule has 3 atom stereocenters. The fraction of sp³-hybridized carbons (Fsp3) is 0.593. The van der Waals surface area contributed by atoms with Gasteiger partial charge in [-0.05, 0) is 79.0 Å². The normalized spacial score (nSPS) is 19.7. The largest absolute Gasteiger partial charge is 0.514 e. The van der Waals surface area contributed by atoms with Crippen molar-refractivity contribution in [1.29, 1.82) is 0 Å². The van der Waals surface area contributed by atoms with E-state index in [-0.39, 0.29) is 11.6 Å². The van der Waals surface area contributed by atoms with Gasteiger partial charge in [0.15, 0.2) is 11.6 Å². The van der Waals surface area contributed by atoms with Gasteiger partial charge >= 0.3 is 12.2 Å². The van der Waals surface area contributed by atoms with Crippen LogP contribution in [-0.4, -0.2) is 75.9 Å². The number of carbonyl (C=O) groups excluding carboxylic acids is 2. The summed E-state index contributed by atoms with van der Waals surface area (Å²) in [6, 6.07) is 3.91. The van der Waals surface area contributed by atoms with E-state index in [0.29, 0.717) is 28.7 Å². The number of hydrogen-bond donors (Lipinski definition) is 0. The fourth-order valence-electron chi connectivity index (χ4n) is 4.24. The molecule has 0 aliphatic heterocycles. The van der Waals surface area contributed by atoms with Crippen LogP contribution in [0.3, 0.4) is 0 Å². The van der Waals surface area contributed by atoms with Gasteiger partial charge in [0.25, 0.3) is 0 Å². The maximum Gasteiger partial charge on any atom is 0.514 e. The summed E-state index contributed by atoms with van der Waals surface area (Å²) in [6.07, 6.45) is 0.607. The summed E-state index contributed by atoms with van der Waals surface area (Å²) in [5.74, 6) is 0.797. The molecule has 1 fully saturated rings. The van der Waals surface area contributed by atoms with E-state index < -0.39 is 41.7 Å². The molecule has 1 aliphatic carbocycles. The van der Waals surface area contributed by atoms with Crippen molar-refractivity contribution >= 4 is 34.0 Å². The second kappa shape index (κ2) is 12.0. The average Bonchev–Trinajstić information content (AvgIpc) is 2.81. The van der Waals surface area contributed by atoms with Gasteiger partial charge < -0.3 is 24.0 Å². The van der Waals surface area contributed by atoms with E-state index in [1.807, 2.05) is 0 Å². The number of anilines is 1. The first-order chi connectivity index (χ1) is 18.1. The van der Waals surface area contributed by atoms with Crippen molar-refractivity contribution in [2.75, 3.05) is 19.0 Å². The van der Waals surface area contributed by atoms with Gasteiger partial charge in [0.1, 0.15) is 23.1 Å². The molecule has 1 heterocycles. The Bertz CT molecular complexity index is 1170. The number of alkyl halides is 1. The molecule has 39 heavy (non-hydrogen) atoms. The van der Waals surface area contributed by atoms with Gasteiger partial charge in [-0.15, -0.1) is 10.2 Å². The van der Waals surface area contributed by atoms with Crippen molar-refractivity contribution in [1.82, 2.24) is 20.1 Å². The van der Waals surface area contributed by atoms with Gasteiger partial charge in [-0.3, -0.25) is 0 Å². The van der Waals surface area contributed by atoms with Gasteiger partial charge in [0, 0.05) is 18.6 Å². The van der Waals surface area contributed by atoms with Crippen LogP contribution < -0.4 is 9.64 Å². The minimum absolute atomic E-state index is 0.200. The molecule has 3 rings (SSSR count). The van der Waals surface area contributed by atoms with Crippen LogP contribution in [0.4, 0.5) is 19.8 Å². The van der Waals surface area contributed by atoms with Crippen molar-refractivity contribution in [2.45, 2.75) is 90.3 Å². The van der Waals surface area contributed by atoms with Crippen molar-refractivity contribution in [3.8, 4) is 17.1 Å². The van der Waals surface area contributed by atoms with E-state index >= 15 is 4.39 Å². The average molecular weight is 611 g/mol. The van der Waals surface area contributed by atoms with Crippen LogP contribution in [0.25, 0.3) is 11.4 Å². The van der Waals surface area contributed by atoms with Crippen molar-refractivity contribution in [2.24, 2.45) is 0 Å². The van der Waals surface area contributed by atoms with Gasteiger partial charge in [0.05, 0.1) is 23.8 Å². The van der Waals surface area contributed by atoms with E-state index in [0.717, 1.165) is 6.42 Å². The Balaban J connectivity index is 1.77. The smallest absolute Gasteiger partial charge is 0.444 e. The number of aromatic nitrogens is 3. The molecule has 0 spiro atoms. The lowest BCUT2D eigenvalue weighted by Crippen LogP contribution is -2.55. The lowest BCUT2D eigenvalue weighted by atomic mass is 9.87. The molecule has 0 saturated heterocycles. The molecule has 0 unspecified atom stereocenters. The Labute approximate surface area is 237 Å². The summed E-state index contributed by atoms with van der Waals surface area (Å²) in [5.41, 5.74) is -0.954. The summed E-state index contributed by atoms with van der Waals surface area (Å²) >= 11 is 3.38. The molecule has 12 heteroatoms. The molecule has 10 nitrogen and oxygen atoms in total. The van der Waals surface area contributed by atoms with E-state index in [1.54, 1.807) is 78.7 Å². The van der Waals surface area contributed by atoms with Crippen molar-refractivity contribution < 1.29 is 28.2 Å². The van der Waals surface area contributed by atoms with Crippen LogP contribution in [-0.2, 0) is 9.47 Å². The first-order valence-corrected chi connectivity index (χ1v) is 13.6. The molecule has 0 bridgehead atoms. The first kappa shape index (κ1) is 30.5. The van der Waals surface area contributed by atoms with Gasteiger partial charge in [-0.2, -0.15) is 0 Å². The Morgan fingerprint density at radius 3 is 2.23 bits per heavy atom. The van der Waals surface area contributed by atoms with Crippen LogP contribution in [0, 0.1) is 0 Å². The van der Waals surface area contributed by atoms with Crippen LogP contribution in [0.15, 0.2) is 28.9 Å². The molecule has 0 N–H and O–H groups in total. The number of hydrogen-bond acceptors (Lipinski definition) is 9. The third-order valence-electron chi connectivity index (χ3n) is 6.09. The zero-order valence-corrected chi connectivity index (χ0v) is 25.3. The monoisotopic (exact) mass is 609 g/mol. The van der Waals surface area contributed by atoms with E-state index in [4.69, 9.17) is 14.2 Å². The molecule has 1 aliphatic rings. The highest BCUT2D eigenvalue weighted by Crippen LogP contribution is 2.33. The Hall–Kier alpha value is -3.02. The number of halogens is 2. The Morgan fingerprint density at radius 1 is 1.00 bits per heavy atom. The standard InChI is InChI=1S/C27H37BrFN5O5/c1-26(2,3)38-24(35)34(8)19-11-9-10-18(22(19)29)33(7)21-15-30-23(32-31-21)17-13-12-16(28)14-20(17)37-25(36)39-27(4,5)6/h12-15,18-19,22H,9-11H2,1-8H3/t18-,19-,22-/m1/s1. The molecule has 2 aromatic rings. The molecular formula is C27H37BrFN5O5. The maximum absolute atomic E-state index is 15.7. The molecular weight excluding hydrogens is 573 g/mol. The fourth-order valence-corrected chi connectivity index (χ4v) is 4.58. The van der Waals surface area contributed by atoms with Crippen LogP contribution in [0.5, 0.6) is 5.75 Å². The zero-order valence-electron chi connectivity index (χ0n) is 23.7. The highest BCUT2D eigenvalue weighted by Gasteiger charge is 2.41. The lowest BCUT2D eigenvalue weighted by Gasteiger charge is -2.42. The number of carbonyl (C=O) groups is 2. The summed E-state index contributed by atoms with van der Waals surface area (Å²) in [7, 11) is 3.30. The van der Waals surface area contributed by atoms with Crippen LogP contribution in [0.1, 0.15) is 60.8 Å². The number of nitrogens with zero attached hydrogens (tertiary/aromatic N) is 5. The Kier molecular flexibility index (Phi) is 9.40. The highest BCUT2D eigenvalue weighted by molar-refractivity contribution is 9.10. The summed E-state index contributed by atoms with van der Waals surface area (Å²) in [4.78, 5) is 32.3. The molecule has 1 saturated carbocycles. The molecule has 1 aromatic heterocycles. The molecule has 1 aromatic carbocycles. The predicted molar refractivity (Wildman–Crippen MR) is 149 cm³/mol. The Morgan fingerprint density at radius 2 is 1.64 bits per heavy atom. The molecule has 214 valence electrons. The first-order valence-electron chi connectivity index (χ1n) is 12.8. The second-order valence-corrected chi connectivity index (χ2v) is 12.5.